The van der Waals surface area contributed by atoms with Crippen LogP contribution in [0, 0.1) is 6.92 Å². The van der Waals surface area contributed by atoms with Crippen LogP contribution < -0.4 is 10.2 Å². The summed E-state index contributed by atoms with van der Waals surface area (Å²) >= 11 is 1.59. The van der Waals surface area contributed by atoms with Gasteiger partial charge in [0.2, 0.25) is 0 Å². The lowest BCUT2D eigenvalue weighted by atomic mass is 10.1. The third-order valence-corrected chi connectivity index (χ3v) is 4.41. The second kappa shape index (κ2) is 6.41. The van der Waals surface area contributed by atoms with E-state index < -0.39 is 0 Å². The van der Waals surface area contributed by atoms with Crippen molar-refractivity contribution in [3.05, 3.63) is 39.8 Å². The molecule has 1 saturated heterocycles. The van der Waals surface area contributed by atoms with Crippen molar-refractivity contribution in [2.75, 3.05) is 18.1 Å². The third kappa shape index (κ3) is 3.26. The van der Waals surface area contributed by atoms with Gasteiger partial charge in [-0.05, 0) is 31.5 Å². The number of cyclic esters (lactones) is 1. The summed E-state index contributed by atoms with van der Waals surface area (Å²) in [5.41, 5.74) is 2.00. The van der Waals surface area contributed by atoms with E-state index in [1.54, 1.807) is 16.2 Å². The smallest absolute Gasteiger partial charge is 0.414 e. The molecule has 1 aromatic heterocycles. The van der Waals surface area contributed by atoms with Crippen LogP contribution in [0.2, 0.25) is 0 Å². The molecule has 0 unspecified atom stereocenters. The predicted octanol–water partition coefficient (Wildman–Crippen LogP) is 2.65. The largest absolute Gasteiger partial charge is 0.447 e. The molecule has 6 nitrogen and oxygen atoms in total. The molecule has 1 aliphatic rings. The molecule has 0 spiro atoms. The van der Waals surface area contributed by atoms with Crippen LogP contribution in [0.25, 0.3) is 0 Å². The number of nitrogens with zero attached hydrogens (tertiary/aromatic N) is 3. The molecule has 1 N–H and O–H groups in total. The highest BCUT2D eigenvalue weighted by molar-refractivity contribution is 7.11. The Morgan fingerprint density at radius 3 is 3.00 bits per heavy atom. The van der Waals surface area contributed by atoms with E-state index in [1.807, 2.05) is 31.2 Å². The monoisotopic (exact) mass is 318 g/mol. The van der Waals surface area contributed by atoms with Gasteiger partial charge in [0.1, 0.15) is 16.6 Å². The molecular weight excluding hydrogens is 300 g/mol. The van der Waals surface area contributed by atoms with Crippen molar-refractivity contribution in [1.82, 2.24) is 15.5 Å². The summed E-state index contributed by atoms with van der Waals surface area (Å²) in [6.07, 6.45) is -0.276. The van der Waals surface area contributed by atoms with Crippen molar-refractivity contribution < 1.29 is 9.53 Å². The lowest BCUT2D eigenvalue weighted by molar-refractivity contribution is 0.181. The van der Waals surface area contributed by atoms with Gasteiger partial charge < -0.3 is 10.1 Å². The molecule has 7 heteroatoms. The van der Waals surface area contributed by atoms with Gasteiger partial charge in [-0.3, -0.25) is 4.90 Å². The van der Waals surface area contributed by atoms with E-state index >= 15 is 0 Å². The number of amides is 1. The van der Waals surface area contributed by atoms with Gasteiger partial charge in [0.05, 0.1) is 13.1 Å². The average molecular weight is 318 g/mol. The van der Waals surface area contributed by atoms with Gasteiger partial charge in [-0.25, -0.2) is 4.79 Å². The molecule has 3 rings (SSSR count). The van der Waals surface area contributed by atoms with Crippen LogP contribution in [0.1, 0.15) is 28.5 Å². The molecule has 1 amide bonds. The lowest BCUT2D eigenvalue weighted by Crippen LogP contribution is -2.24. The van der Waals surface area contributed by atoms with Gasteiger partial charge in [0.15, 0.2) is 0 Å². The number of nitrogens with one attached hydrogen (secondary N) is 1. The molecule has 1 fully saturated rings. The van der Waals surface area contributed by atoms with Gasteiger partial charge >= 0.3 is 6.09 Å². The third-order valence-electron chi connectivity index (χ3n) is 3.57. The zero-order valence-corrected chi connectivity index (χ0v) is 13.4. The van der Waals surface area contributed by atoms with Crippen LogP contribution in [-0.2, 0) is 11.3 Å². The topological polar surface area (TPSA) is 67.3 Å². The number of hydrogen-bond donors (Lipinski definition) is 1. The minimum Gasteiger partial charge on any atom is -0.447 e. The van der Waals surface area contributed by atoms with E-state index in [0.29, 0.717) is 19.7 Å². The highest BCUT2D eigenvalue weighted by Gasteiger charge is 2.23. The molecular formula is C15H18N4O2S. The number of aromatic nitrogens is 2. The normalized spacial score (nSPS) is 15.9. The van der Waals surface area contributed by atoms with Crippen molar-refractivity contribution in [2.45, 2.75) is 26.4 Å². The van der Waals surface area contributed by atoms with Gasteiger partial charge in [-0.2, -0.15) is 0 Å². The summed E-state index contributed by atoms with van der Waals surface area (Å²) in [5.74, 6) is 0. The molecule has 2 heterocycles. The van der Waals surface area contributed by atoms with Crippen LogP contribution in [0.3, 0.4) is 0 Å². The van der Waals surface area contributed by atoms with E-state index in [1.165, 1.54) is 0 Å². The van der Waals surface area contributed by atoms with Gasteiger partial charge in [-0.15, -0.1) is 21.5 Å². The number of benzene rings is 1. The summed E-state index contributed by atoms with van der Waals surface area (Å²) in [4.78, 5) is 13.3. The van der Waals surface area contributed by atoms with Gasteiger partial charge in [0, 0.05) is 11.7 Å². The van der Waals surface area contributed by atoms with Crippen LogP contribution in [0.15, 0.2) is 24.3 Å². The molecule has 1 aromatic carbocycles. The fourth-order valence-corrected chi connectivity index (χ4v) is 3.02. The van der Waals surface area contributed by atoms with E-state index in [9.17, 15) is 4.79 Å². The number of aryl methyl sites for hydroxylation is 1. The SMILES string of the molecule is Cc1nnc(CN[C@@H](C)c2cccc(N3CCOC3=O)c2)s1. The second-order valence-electron chi connectivity index (χ2n) is 5.18. The summed E-state index contributed by atoms with van der Waals surface area (Å²) in [6, 6.07) is 8.12. The maximum atomic E-state index is 11.6. The Morgan fingerprint density at radius 2 is 2.32 bits per heavy atom. The first-order valence-electron chi connectivity index (χ1n) is 7.20. The zero-order valence-electron chi connectivity index (χ0n) is 12.6. The number of carbonyl (C=O) groups excluding carboxylic acids is 1. The number of rotatable bonds is 5. The summed E-state index contributed by atoms with van der Waals surface area (Å²) in [6.45, 7) is 5.78. The molecule has 1 aliphatic heterocycles. The van der Waals surface area contributed by atoms with Crippen LogP contribution in [-0.4, -0.2) is 29.4 Å². The Labute approximate surface area is 133 Å². The first-order chi connectivity index (χ1) is 10.6. The molecule has 0 bridgehead atoms. The Bertz CT molecular complexity index is 673. The van der Waals surface area contributed by atoms with Crippen molar-refractivity contribution in [2.24, 2.45) is 0 Å². The quantitative estimate of drug-likeness (QED) is 0.918. The first-order valence-corrected chi connectivity index (χ1v) is 8.02. The number of anilines is 1. The Morgan fingerprint density at radius 1 is 1.45 bits per heavy atom. The molecule has 0 aliphatic carbocycles. The van der Waals surface area contributed by atoms with Crippen LogP contribution >= 0.6 is 11.3 Å². The van der Waals surface area contributed by atoms with E-state index in [0.717, 1.165) is 21.3 Å². The maximum Gasteiger partial charge on any atom is 0.414 e. The van der Waals surface area contributed by atoms with Crippen molar-refractivity contribution in [3.63, 3.8) is 0 Å². The van der Waals surface area contributed by atoms with E-state index in [4.69, 9.17) is 4.74 Å². The number of carbonyl (C=O) groups is 1. The zero-order chi connectivity index (χ0) is 15.5. The first kappa shape index (κ1) is 14.9. The highest BCUT2D eigenvalue weighted by atomic mass is 32.1. The summed E-state index contributed by atoms with van der Waals surface area (Å²) in [5, 5.41) is 13.5. The van der Waals surface area contributed by atoms with E-state index in [-0.39, 0.29) is 12.1 Å². The van der Waals surface area contributed by atoms with Crippen molar-refractivity contribution in [3.8, 4) is 0 Å². The van der Waals surface area contributed by atoms with E-state index in [2.05, 4.69) is 22.4 Å². The Kier molecular flexibility index (Phi) is 4.35. The average Bonchev–Trinajstić information content (AvgIpc) is 3.13. The number of hydrogen-bond acceptors (Lipinski definition) is 6. The number of ether oxygens (including phenoxy) is 1. The molecule has 2 aromatic rings. The Balaban J connectivity index is 1.67. The minimum absolute atomic E-state index is 0.155. The standard InChI is InChI=1S/C15H18N4O2S/c1-10(16-9-14-18-17-11(2)22-14)12-4-3-5-13(8-12)19-6-7-21-15(19)20/h3-5,8,10,16H,6-7,9H2,1-2H3/t10-/m0/s1. The Hall–Kier alpha value is -1.99. The second-order valence-corrected chi connectivity index (χ2v) is 6.44. The lowest BCUT2D eigenvalue weighted by Gasteiger charge is -2.17. The van der Waals surface area contributed by atoms with Crippen LogP contribution in [0.4, 0.5) is 10.5 Å². The fourth-order valence-electron chi connectivity index (χ4n) is 2.36. The molecule has 116 valence electrons. The molecule has 22 heavy (non-hydrogen) atoms. The maximum absolute atomic E-state index is 11.6. The molecule has 1 atom stereocenters. The van der Waals surface area contributed by atoms with Crippen molar-refractivity contribution >= 4 is 23.1 Å². The van der Waals surface area contributed by atoms with Gasteiger partial charge in [0.25, 0.3) is 0 Å². The predicted molar refractivity (Wildman–Crippen MR) is 85.0 cm³/mol. The van der Waals surface area contributed by atoms with Gasteiger partial charge in [-0.1, -0.05) is 12.1 Å². The fraction of sp³-hybridized carbons (Fsp3) is 0.400. The van der Waals surface area contributed by atoms with Crippen molar-refractivity contribution in [1.29, 1.82) is 0 Å². The summed E-state index contributed by atoms with van der Waals surface area (Å²) < 4.78 is 4.99. The summed E-state index contributed by atoms with van der Waals surface area (Å²) in [7, 11) is 0. The van der Waals surface area contributed by atoms with Crippen LogP contribution in [0.5, 0.6) is 0 Å². The molecule has 0 radical (unpaired) electrons. The molecule has 0 saturated carbocycles. The minimum atomic E-state index is -0.276. The highest BCUT2D eigenvalue weighted by Crippen LogP contribution is 2.23.